The molecule has 0 saturated carbocycles. The summed E-state index contributed by atoms with van der Waals surface area (Å²) in [7, 11) is 0. The average Bonchev–Trinajstić information content (AvgIpc) is 2.56. The molecule has 0 saturated heterocycles. The van der Waals surface area contributed by atoms with Crippen molar-refractivity contribution in [3.8, 4) is 11.4 Å². The Morgan fingerprint density at radius 2 is 1.92 bits per heavy atom. The fourth-order valence-corrected chi connectivity index (χ4v) is 2.18. The van der Waals surface area contributed by atoms with Gasteiger partial charge in [-0.15, -0.1) is 0 Å². The summed E-state index contributed by atoms with van der Waals surface area (Å²) in [5.74, 6) is -1.29. The van der Waals surface area contributed by atoms with E-state index in [4.69, 9.17) is 11.3 Å². The van der Waals surface area contributed by atoms with E-state index >= 15 is 0 Å². The Balaban J connectivity index is 2.89. The number of rotatable bonds is 4. The maximum Gasteiger partial charge on any atom is 0.440 e. The van der Waals surface area contributed by atoms with E-state index in [1.54, 1.807) is 6.92 Å². The van der Waals surface area contributed by atoms with E-state index in [2.05, 4.69) is 9.94 Å². The Bertz CT molecular complexity index is 1000. The molecule has 0 fully saturated rings. The van der Waals surface area contributed by atoms with E-state index in [0.717, 1.165) is 12.1 Å². The third kappa shape index (κ3) is 3.30. The molecule has 2 rings (SSSR count). The summed E-state index contributed by atoms with van der Waals surface area (Å²) in [5, 5.41) is 3.01. The smallest absolute Gasteiger partial charge is 0.440 e. The molecule has 1 aromatic carbocycles. The third-order valence-corrected chi connectivity index (χ3v) is 3.32. The van der Waals surface area contributed by atoms with Gasteiger partial charge in [-0.1, -0.05) is 0 Å². The molecule has 0 aliphatic carbocycles. The van der Waals surface area contributed by atoms with Gasteiger partial charge < -0.3 is 4.74 Å². The van der Waals surface area contributed by atoms with Gasteiger partial charge in [0.15, 0.2) is 0 Å². The minimum atomic E-state index is -5.14. The fraction of sp³-hybridized carbons (Fsp3) is 0.333. The number of nitrogens with zero attached hydrogens (tertiary/aromatic N) is 4. The van der Waals surface area contributed by atoms with Gasteiger partial charge >= 0.3 is 11.9 Å². The van der Waals surface area contributed by atoms with Crippen LogP contribution in [-0.4, -0.2) is 21.0 Å². The zero-order valence-electron chi connectivity index (χ0n) is 13.6. The summed E-state index contributed by atoms with van der Waals surface area (Å²) < 4.78 is 59.1. The van der Waals surface area contributed by atoms with E-state index in [1.807, 2.05) is 0 Å². The third-order valence-electron chi connectivity index (χ3n) is 3.32. The SMILES string of the molecule is [C-]#[N+]c1cc(F)c(-n2nc(C(F)(F)F)c(=O)n(CC)c2=O)cc1OCC. The number of hydrogen-bond acceptors (Lipinski definition) is 4. The van der Waals surface area contributed by atoms with E-state index in [-0.39, 0.29) is 29.3 Å². The Hall–Kier alpha value is -3.16. The van der Waals surface area contributed by atoms with Crippen molar-refractivity contribution in [1.29, 1.82) is 0 Å². The lowest BCUT2D eigenvalue weighted by molar-refractivity contribution is -0.143. The molecule has 0 aliphatic rings. The average molecular weight is 372 g/mol. The van der Waals surface area contributed by atoms with Crippen LogP contribution in [0.4, 0.5) is 23.2 Å². The predicted molar refractivity (Wildman–Crippen MR) is 82.2 cm³/mol. The molecule has 0 amide bonds. The first-order valence-electron chi connectivity index (χ1n) is 7.31. The van der Waals surface area contributed by atoms with Crippen molar-refractivity contribution >= 4 is 5.69 Å². The first-order chi connectivity index (χ1) is 12.1. The molecule has 0 bridgehead atoms. The molecule has 138 valence electrons. The number of aromatic nitrogens is 3. The van der Waals surface area contributed by atoms with Crippen LogP contribution in [0.15, 0.2) is 21.7 Å². The van der Waals surface area contributed by atoms with Crippen molar-refractivity contribution in [2.75, 3.05) is 6.61 Å². The summed E-state index contributed by atoms with van der Waals surface area (Å²) in [6.07, 6.45) is -5.14. The van der Waals surface area contributed by atoms with Crippen LogP contribution in [0.25, 0.3) is 10.5 Å². The molecule has 0 unspecified atom stereocenters. The van der Waals surface area contributed by atoms with Crippen molar-refractivity contribution in [3.63, 3.8) is 0 Å². The van der Waals surface area contributed by atoms with Gasteiger partial charge in [0.25, 0.3) is 5.56 Å². The molecule has 2 aromatic rings. The van der Waals surface area contributed by atoms with Gasteiger partial charge in [-0.05, 0) is 26.0 Å². The first kappa shape index (κ1) is 19.2. The topological polar surface area (TPSA) is 70.5 Å². The van der Waals surface area contributed by atoms with Crippen LogP contribution in [0.2, 0.25) is 0 Å². The van der Waals surface area contributed by atoms with E-state index < -0.39 is 34.6 Å². The zero-order chi connectivity index (χ0) is 19.6. The van der Waals surface area contributed by atoms with E-state index in [0.29, 0.717) is 4.57 Å². The highest BCUT2D eigenvalue weighted by atomic mass is 19.4. The summed E-state index contributed by atoms with van der Waals surface area (Å²) in [6, 6.07) is 1.61. The molecule has 0 spiro atoms. The summed E-state index contributed by atoms with van der Waals surface area (Å²) in [6.45, 7) is 9.58. The Morgan fingerprint density at radius 1 is 1.27 bits per heavy atom. The van der Waals surface area contributed by atoms with E-state index in [9.17, 15) is 27.2 Å². The highest BCUT2D eigenvalue weighted by molar-refractivity contribution is 5.61. The molecule has 0 atom stereocenters. The molecule has 1 aromatic heterocycles. The number of benzene rings is 1. The molecule has 0 radical (unpaired) electrons. The van der Waals surface area contributed by atoms with Gasteiger partial charge in [0.1, 0.15) is 17.3 Å². The molecule has 0 N–H and O–H groups in total. The maximum atomic E-state index is 14.3. The zero-order valence-corrected chi connectivity index (χ0v) is 13.6. The molecule has 0 aliphatic heterocycles. The Kier molecular flexibility index (Phi) is 5.15. The quantitative estimate of drug-likeness (QED) is 0.611. The van der Waals surface area contributed by atoms with Crippen molar-refractivity contribution in [2.24, 2.45) is 0 Å². The molecular weight excluding hydrogens is 360 g/mol. The number of ether oxygens (including phenoxy) is 1. The largest absolute Gasteiger partial charge is 0.505 e. The maximum absolute atomic E-state index is 14.3. The fourth-order valence-electron chi connectivity index (χ4n) is 2.18. The van der Waals surface area contributed by atoms with Gasteiger partial charge in [0.2, 0.25) is 11.4 Å². The van der Waals surface area contributed by atoms with Crippen molar-refractivity contribution in [1.82, 2.24) is 14.3 Å². The second-order valence-electron chi connectivity index (χ2n) is 4.91. The van der Waals surface area contributed by atoms with Crippen molar-refractivity contribution in [3.05, 3.63) is 55.9 Å². The summed E-state index contributed by atoms with van der Waals surface area (Å²) in [4.78, 5) is 27.2. The van der Waals surface area contributed by atoms with Gasteiger partial charge in [0, 0.05) is 6.54 Å². The van der Waals surface area contributed by atoms with Crippen LogP contribution in [0.3, 0.4) is 0 Å². The van der Waals surface area contributed by atoms with Crippen LogP contribution in [-0.2, 0) is 12.7 Å². The van der Waals surface area contributed by atoms with Gasteiger partial charge in [0.05, 0.1) is 13.2 Å². The van der Waals surface area contributed by atoms with E-state index in [1.165, 1.54) is 6.92 Å². The lowest BCUT2D eigenvalue weighted by Crippen LogP contribution is -2.44. The molecular formula is C15H12F4N4O3. The van der Waals surface area contributed by atoms with Gasteiger partial charge in [-0.25, -0.2) is 14.0 Å². The van der Waals surface area contributed by atoms with Crippen LogP contribution in [0.1, 0.15) is 19.5 Å². The molecule has 11 heteroatoms. The monoisotopic (exact) mass is 372 g/mol. The van der Waals surface area contributed by atoms with Crippen LogP contribution in [0, 0.1) is 12.4 Å². The lowest BCUT2D eigenvalue weighted by Gasteiger charge is -2.14. The number of alkyl halides is 3. The summed E-state index contributed by atoms with van der Waals surface area (Å²) >= 11 is 0. The normalized spacial score (nSPS) is 11.3. The minimum absolute atomic E-state index is 0.0954. The Labute approximate surface area is 143 Å². The summed E-state index contributed by atoms with van der Waals surface area (Å²) in [5.41, 5.74) is -5.61. The standard InChI is InChI=1S/C15H12F4N4O3/c1-4-22-13(24)12(15(17,18)19)21-23(14(22)25)10-7-11(26-5-2)9(20-3)6-8(10)16/h6-7H,4-5H2,1-2H3. The van der Waals surface area contributed by atoms with Crippen LogP contribution >= 0.6 is 0 Å². The molecule has 26 heavy (non-hydrogen) atoms. The number of halogens is 4. The van der Waals surface area contributed by atoms with Crippen LogP contribution < -0.4 is 16.0 Å². The van der Waals surface area contributed by atoms with Gasteiger partial charge in [-0.2, -0.15) is 23.0 Å². The highest BCUT2D eigenvalue weighted by Gasteiger charge is 2.38. The van der Waals surface area contributed by atoms with Gasteiger partial charge in [-0.3, -0.25) is 9.36 Å². The highest BCUT2D eigenvalue weighted by Crippen LogP contribution is 2.32. The molecule has 7 nitrogen and oxygen atoms in total. The van der Waals surface area contributed by atoms with Crippen molar-refractivity contribution < 1.29 is 22.3 Å². The first-order valence-corrected chi connectivity index (χ1v) is 7.31. The number of hydrogen-bond donors (Lipinski definition) is 0. The Morgan fingerprint density at radius 3 is 2.42 bits per heavy atom. The molecule has 1 heterocycles. The minimum Gasteiger partial charge on any atom is -0.505 e. The van der Waals surface area contributed by atoms with Crippen LogP contribution in [0.5, 0.6) is 5.75 Å². The predicted octanol–water partition coefficient (Wildman–Crippen LogP) is 2.52. The van der Waals surface area contributed by atoms with Crippen molar-refractivity contribution in [2.45, 2.75) is 26.6 Å². The second-order valence-corrected chi connectivity index (χ2v) is 4.91. The second kappa shape index (κ2) is 6.99. The lowest BCUT2D eigenvalue weighted by atomic mass is 10.2.